The maximum Gasteiger partial charge on any atom is 0.232 e. The molecule has 0 atom stereocenters. The van der Waals surface area contributed by atoms with Gasteiger partial charge in [0.05, 0.1) is 11.4 Å². The fourth-order valence-electron chi connectivity index (χ4n) is 1.19. The molecule has 0 aromatic heterocycles. The number of nitrogens with one attached hydrogen (secondary N) is 1. The third-order valence-electron chi connectivity index (χ3n) is 2.02. The molecule has 17 heavy (non-hydrogen) atoms. The number of aliphatic hydroxyl groups excluding tert-OH is 1. The zero-order valence-corrected chi connectivity index (χ0v) is 12.0. The number of anilines is 1. The molecule has 1 aromatic carbocycles. The van der Waals surface area contributed by atoms with Gasteiger partial charge in [-0.15, -0.1) is 0 Å². The fourth-order valence-corrected chi connectivity index (χ4v) is 3.19. The minimum absolute atomic E-state index is 0.0242. The average Bonchev–Trinajstić information content (AvgIpc) is 2.22. The van der Waals surface area contributed by atoms with Gasteiger partial charge in [0.2, 0.25) is 10.0 Å². The first-order chi connectivity index (χ1) is 7.94. The van der Waals surface area contributed by atoms with Crippen molar-refractivity contribution in [3.63, 3.8) is 0 Å². The number of hydrogen-bond donors (Lipinski definition) is 2. The Morgan fingerprint density at radius 1 is 1.35 bits per heavy atom. The largest absolute Gasteiger partial charge is 0.396 e. The minimum Gasteiger partial charge on any atom is -0.396 e. The van der Waals surface area contributed by atoms with E-state index in [2.05, 4.69) is 4.72 Å². The molecule has 0 spiro atoms. The van der Waals surface area contributed by atoms with Gasteiger partial charge in [-0.1, -0.05) is 0 Å². The molecular weight excluding hydrogens is 360 g/mol. The number of sulfonamides is 1. The lowest BCUT2D eigenvalue weighted by atomic mass is 10.3. The van der Waals surface area contributed by atoms with Crippen LogP contribution >= 0.6 is 22.6 Å². The highest BCUT2D eigenvalue weighted by Gasteiger charge is 2.12. The molecule has 1 aromatic rings. The van der Waals surface area contributed by atoms with E-state index < -0.39 is 15.8 Å². The molecule has 0 saturated carbocycles. The number of halogens is 2. The van der Waals surface area contributed by atoms with Gasteiger partial charge >= 0.3 is 0 Å². The maximum atomic E-state index is 12.8. The van der Waals surface area contributed by atoms with Crippen LogP contribution in [0.2, 0.25) is 0 Å². The Hall–Kier alpha value is -0.410. The lowest BCUT2D eigenvalue weighted by Crippen LogP contribution is -2.17. The Labute approximate surface area is 113 Å². The summed E-state index contributed by atoms with van der Waals surface area (Å²) in [5.74, 6) is -0.460. The summed E-state index contributed by atoms with van der Waals surface area (Å²) in [7, 11) is -3.43. The molecule has 7 heteroatoms. The second-order valence-corrected chi connectivity index (χ2v) is 6.48. The fraction of sp³-hybridized carbons (Fsp3) is 0.400. The van der Waals surface area contributed by atoms with E-state index in [1.165, 1.54) is 18.2 Å². The Kier molecular flexibility index (Phi) is 5.60. The molecule has 0 aliphatic rings. The Morgan fingerprint density at radius 3 is 2.65 bits per heavy atom. The minimum atomic E-state index is -3.43. The van der Waals surface area contributed by atoms with Crippen molar-refractivity contribution in [3.8, 4) is 0 Å². The lowest BCUT2D eigenvalue weighted by Gasteiger charge is -2.09. The van der Waals surface area contributed by atoms with Gasteiger partial charge in [-0.3, -0.25) is 4.72 Å². The van der Waals surface area contributed by atoms with E-state index in [0.29, 0.717) is 22.1 Å². The van der Waals surface area contributed by atoms with Gasteiger partial charge in [0, 0.05) is 10.2 Å². The molecule has 0 amide bonds. The summed E-state index contributed by atoms with van der Waals surface area (Å²) in [6.07, 6.45) is 0.838. The van der Waals surface area contributed by atoms with Gasteiger partial charge < -0.3 is 5.11 Å². The van der Waals surface area contributed by atoms with Crippen LogP contribution in [0.5, 0.6) is 0 Å². The highest BCUT2D eigenvalue weighted by Crippen LogP contribution is 2.20. The highest BCUT2D eigenvalue weighted by atomic mass is 127. The third-order valence-corrected chi connectivity index (χ3v) is 4.27. The van der Waals surface area contributed by atoms with Crippen LogP contribution in [0.3, 0.4) is 0 Å². The molecule has 0 fully saturated rings. The van der Waals surface area contributed by atoms with Crippen LogP contribution in [0.25, 0.3) is 0 Å². The first-order valence-electron chi connectivity index (χ1n) is 5.01. The molecule has 0 unspecified atom stereocenters. The summed E-state index contributed by atoms with van der Waals surface area (Å²) in [4.78, 5) is 0. The van der Waals surface area contributed by atoms with Crippen LogP contribution in [-0.2, 0) is 10.0 Å². The number of rotatable bonds is 6. The van der Waals surface area contributed by atoms with Gasteiger partial charge in [0.15, 0.2) is 0 Å². The average molecular weight is 373 g/mol. The van der Waals surface area contributed by atoms with Gasteiger partial charge in [-0.25, -0.2) is 12.8 Å². The van der Waals surface area contributed by atoms with Gasteiger partial charge in [0.1, 0.15) is 5.82 Å². The van der Waals surface area contributed by atoms with Crippen molar-refractivity contribution in [2.75, 3.05) is 17.1 Å². The Morgan fingerprint density at radius 2 is 2.06 bits per heavy atom. The SMILES string of the molecule is O=S(=O)(CCCCO)Nc1ccc(F)cc1I. The summed E-state index contributed by atoms with van der Waals surface area (Å²) < 4.78 is 39.0. The van der Waals surface area contributed by atoms with E-state index in [9.17, 15) is 12.8 Å². The second-order valence-electron chi connectivity index (χ2n) is 3.48. The van der Waals surface area contributed by atoms with Crippen molar-refractivity contribution < 1.29 is 17.9 Å². The van der Waals surface area contributed by atoms with E-state index in [0.717, 1.165) is 0 Å². The molecule has 0 radical (unpaired) electrons. The van der Waals surface area contributed by atoms with E-state index in [4.69, 9.17) is 5.11 Å². The van der Waals surface area contributed by atoms with Crippen molar-refractivity contribution in [1.82, 2.24) is 0 Å². The number of hydrogen-bond acceptors (Lipinski definition) is 3. The first-order valence-corrected chi connectivity index (χ1v) is 7.74. The van der Waals surface area contributed by atoms with E-state index in [1.54, 1.807) is 0 Å². The van der Waals surface area contributed by atoms with Gasteiger partial charge in [-0.2, -0.15) is 0 Å². The smallest absolute Gasteiger partial charge is 0.232 e. The number of benzene rings is 1. The van der Waals surface area contributed by atoms with Crippen molar-refractivity contribution in [2.24, 2.45) is 0 Å². The molecule has 2 N–H and O–H groups in total. The van der Waals surface area contributed by atoms with Crippen LogP contribution in [0.4, 0.5) is 10.1 Å². The summed E-state index contributed by atoms with van der Waals surface area (Å²) in [6, 6.07) is 3.85. The molecule has 96 valence electrons. The lowest BCUT2D eigenvalue weighted by molar-refractivity contribution is 0.287. The first kappa shape index (κ1) is 14.7. The summed E-state index contributed by atoms with van der Waals surface area (Å²) in [5, 5.41) is 8.57. The van der Waals surface area contributed by atoms with Crippen LogP contribution in [0.15, 0.2) is 18.2 Å². The topological polar surface area (TPSA) is 66.4 Å². The number of unbranched alkanes of at least 4 members (excludes halogenated alkanes) is 1. The Bertz CT molecular complexity index is 478. The summed E-state index contributed by atoms with van der Waals surface area (Å²) in [5.41, 5.74) is 0.371. The predicted octanol–water partition coefficient (Wildman–Crippen LogP) is 1.94. The molecular formula is C10H13FINO3S. The molecule has 0 aliphatic heterocycles. The van der Waals surface area contributed by atoms with Gasteiger partial charge in [0.25, 0.3) is 0 Å². The van der Waals surface area contributed by atoms with Crippen molar-refractivity contribution in [2.45, 2.75) is 12.8 Å². The zero-order chi connectivity index (χ0) is 12.9. The highest BCUT2D eigenvalue weighted by molar-refractivity contribution is 14.1. The van der Waals surface area contributed by atoms with E-state index in [1.807, 2.05) is 22.6 Å². The summed E-state index contributed by atoms with van der Waals surface area (Å²) in [6.45, 7) is -0.0242. The van der Waals surface area contributed by atoms with Crippen molar-refractivity contribution >= 4 is 38.3 Å². The zero-order valence-electron chi connectivity index (χ0n) is 8.99. The van der Waals surface area contributed by atoms with Gasteiger partial charge in [-0.05, 0) is 53.6 Å². The van der Waals surface area contributed by atoms with Crippen molar-refractivity contribution in [1.29, 1.82) is 0 Å². The molecule has 0 saturated heterocycles. The molecule has 0 heterocycles. The number of aliphatic hydroxyl groups is 1. The Balaban J connectivity index is 2.69. The molecule has 1 rings (SSSR count). The van der Waals surface area contributed by atoms with Crippen LogP contribution < -0.4 is 4.72 Å². The predicted molar refractivity (Wildman–Crippen MR) is 72.8 cm³/mol. The van der Waals surface area contributed by atoms with E-state index in [-0.39, 0.29) is 12.4 Å². The van der Waals surface area contributed by atoms with Crippen molar-refractivity contribution in [3.05, 3.63) is 27.6 Å². The van der Waals surface area contributed by atoms with Crippen LogP contribution in [0, 0.1) is 9.39 Å². The van der Waals surface area contributed by atoms with Crippen LogP contribution in [-0.4, -0.2) is 25.9 Å². The molecule has 4 nitrogen and oxygen atoms in total. The third kappa shape index (κ3) is 5.17. The maximum absolute atomic E-state index is 12.8. The van der Waals surface area contributed by atoms with Crippen LogP contribution in [0.1, 0.15) is 12.8 Å². The molecule has 0 aliphatic carbocycles. The summed E-state index contributed by atoms with van der Waals surface area (Å²) >= 11 is 1.86. The van der Waals surface area contributed by atoms with E-state index >= 15 is 0 Å². The normalized spacial score (nSPS) is 11.5. The monoisotopic (exact) mass is 373 g/mol. The standard InChI is InChI=1S/C10H13FINO3S/c11-8-3-4-10(9(12)7-8)13-17(15,16)6-2-1-5-14/h3-4,7,13-14H,1-2,5-6H2. The second kappa shape index (κ2) is 6.50. The molecule has 0 bridgehead atoms. The quantitative estimate of drug-likeness (QED) is 0.592.